The summed E-state index contributed by atoms with van der Waals surface area (Å²) in [6.07, 6.45) is 13.2. The number of aliphatic hydroxyl groups is 2. The van der Waals surface area contributed by atoms with Crippen molar-refractivity contribution in [3.8, 4) is 0 Å². The Balaban J connectivity index is 1.47. The van der Waals surface area contributed by atoms with E-state index in [1.807, 2.05) is 0 Å². The van der Waals surface area contributed by atoms with Gasteiger partial charge in [0.25, 0.3) is 0 Å². The molecular weight excluding hydrogens is 356 g/mol. The van der Waals surface area contributed by atoms with Crippen molar-refractivity contribution in [1.82, 2.24) is 0 Å². The quantitative estimate of drug-likeness (QED) is 0.553. The minimum Gasteiger partial charge on any atom is -0.390 e. The predicted molar refractivity (Wildman–Crippen MR) is 120 cm³/mol. The minimum atomic E-state index is -0.499. The molecule has 4 fully saturated rings. The number of aliphatic hydroxyl groups excluding tert-OH is 2. The monoisotopic (exact) mass is 404 g/mol. The molecule has 1 unspecified atom stereocenters. The van der Waals surface area contributed by atoms with E-state index >= 15 is 0 Å². The molecule has 2 nitrogen and oxygen atoms in total. The van der Waals surface area contributed by atoms with Gasteiger partial charge in [-0.3, -0.25) is 0 Å². The molecule has 0 aromatic heterocycles. The van der Waals surface area contributed by atoms with Gasteiger partial charge in [0.1, 0.15) is 0 Å². The van der Waals surface area contributed by atoms with Crippen LogP contribution in [0.3, 0.4) is 0 Å². The van der Waals surface area contributed by atoms with E-state index in [1.54, 1.807) is 0 Å². The molecule has 0 saturated heterocycles. The molecule has 4 saturated carbocycles. The third-order valence-electron chi connectivity index (χ3n) is 10.9. The summed E-state index contributed by atoms with van der Waals surface area (Å²) < 4.78 is 0. The van der Waals surface area contributed by atoms with Crippen molar-refractivity contribution >= 4 is 0 Å². The van der Waals surface area contributed by atoms with E-state index in [9.17, 15) is 10.2 Å². The van der Waals surface area contributed by atoms with E-state index in [2.05, 4.69) is 34.6 Å². The third-order valence-corrected chi connectivity index (χ3v) is 10.9. The summed E-state index contributed by atoms with van der Waals surface area (Å²) in [5.41, 5.74) is 0.804. The summed E-state index contributed by atoms with van der Waals surface area (Å²) >= 11 is 0. The normalized spacial score (nSPS) is 50.7. The molecule has 2 N–H and O–H groups in total. The van der Waals surface area contributed by atoms with E-state index in [1.165, 1.54) is 57.8 Å². The molecule has 0 radical (unpaired) electrons. The Bertz CT molecular complexity index is 573. The highest BCUT2D eigenvalue weighted by Crippen LogP contribution is 2.68. The summed E-state index contributed by atoms with van der Waals surface area (Å²) in [4.78, 5) is 0. The van der Waals surface area contributed by atoms with Crippen LogP contribution >= 0.6 is 0 Å². The summed E-state index contributed by atoms with van der Waals surface area (Å²) in [5.74, 6) is 5.80. The average molecular weight is 405 g/mol. The molecule has 0 heterocycles. The van der Waals surface area contributed by atoms with E-state index in [4.69, 9.17) is 0 Å². The van der Waals surface area contributed by atoms with E-state index in [0.29, 0.717) is 11.3 Å². The zero-order valence-corrected chi connectivity index (χ0v) is 19.9. The lowest BCUT2D eigenvalue weighted by Crippen LogP contribution is -2.56. The lowest BCUT2D eigenvalue weighted by molar-refractivity contribution is -0.160. The Kier molecular flexibility index (Phi) is 6.19. The first-order valence-electron chi connectivity index (χ1n) is 13.0. The maximum atomic E-state index is 10.5. The molecule has 10 atom stereocenters. The summed E-state index contributed by atoms with van der Waals surface area (Å²) in [6, 6.07) is 0. The topological polar surface area (TPSA) is 40.5 Å². The van der Waals surface area contributed by atoms with Gasteiger partial charge in [-0.05, 0) is 104 Å². The predicted octanol–water partition coefficient (Wildman–Crippen LogP) is 6.44. The van der Waals surface area contributed by atoms with Gasteiger partial charge in [0, 0.05) is 0 Å². The van der Waals surface area contributed by atoms with Gasteiger partial charge >= 0.3 is 0 Å². The molecule has 0 bridgehead atoms. The van der Waals surface area contributed by atoms with Gasteiger partial charge in [-0.15, -0.1) is 0 Å². The highest BCUT2D eigenvalue weighted by Gasteiger charge is 2.61. The van der Waals surface area contributed by atoms with Crippen LogP contribution in [0, 0.1) is 52.3 Å². The number of fused-ring (bicyclic) bond motifs is 5. The lowest BCUT2D eigenvalue weighted by atomic mass is 9.44. The third kappa shape index (κ3) is 3.73. The first-order valence-corrected chi connectivity index (χ1v) is 13.0. The van der Waals surface area contributed by atoms with Gasteiger partial charge in [0.2, 0.25) is 0 Å². The van der Waals surface area contributed by atoms with Gasteiger partial charge in [0.05, 0.1) is 12.2 Å². The van der Waals surface area contributed by atoms with Crippen molar-refractivity contribution in [3.05, 3.63) is 0 Å². The lowest BCUT2D eigenvalue weighted by Gasteiger charge is -2.61. The highest BCUT2D eigenvalue weighted by molar-refractivity contribution is 5.10. The van der Waals surface area contributed by atoms with Crippen LogP contribution in [0.1, 0.15) is 105 Å². The molecule has 0 aliphatic heterocycles. The largest absolute Gasteiger partial charge is 0.390 e. The first kappa shape index (κ1) is 22.1. The molecule has 168 valence electrons. The Labute approximate surface area is 180 Å². The van der Waals surface area contributed by atoms with Crippen LogP contribution < -0.4 is 0 Å². The van der Waals surface area contributed by atoms with E-state index in [0.717, 1.165) is 48.3 Å². The van der Waals surface area contributed by atoms with E-state index < -0.39 is 12.2 Å². The minimum absolute atomic E-state index is 0.254. The summed E-state index contributed by atoms with van der Waals surface area (Å²) in [5, 5.41) is 20.8. The Morgan fingerprint density at radius 2 is 1.55 bits per heavy atom. The van der Waals surface area contributed by atoms with Crippen molar-refractivity contribution in [3.63, 3.8) is 0 Å². The first-order chi connectivity index (χ1) is 13.7. The Hall–Kier alpha value is -0.0800. The smallest absolute Gasteiger partial charge is 0.0804 e. The zero-order chi connectivity index (χ0) is 21.0. The van der Waals surface area contributed by atoms with Gasteiger partial charge in [-0.1, -0.05) is 53.9 Å². The van der Waals surface area contributed by atoms with Crippen molar-refractivity contribution in [1.29, 1.82) is 0 Å². The van der Waals surface area contributed by atoms with Crippen LogP contribution in [0.4, 0.5) is 0 Å². The van der Waals surface area contributed by atoms with Crippen LogP contribution in [0.15, 0.2) is 0 Å². The van der Waals surface area contributed by atoms with E-state index in [-0.39, 0.29) is 5.41 Å². The SMILES string of the molecule is CC(C)CCC[C@@H](C)[C@H]1CC[C@H]2[C@@H]3CCC4C[C@H](O)[C@H](O)C[C@]4(C)[C@H]3CC[C@]12C. The fourth-order valence-corrected chi connectivity index (χ4v) is 9.30. The number of rotatable bonds is 5. The molecule has 0 aromatic rings. The molecule has 2 heteroatoms. The van der Waals surface area contributed by atoms with Crippen molar-refractivity contribution < 1.29 is 10.2 Å². The average Bonchev–Trinajstić information content (AvgIpc) is 3.00. The second-order valence-corrected chi connectivity index (χ2v) is 12.8. The molecule has 4 aliphatic carbocycles. The maximum Gasteiger partial charge on any atom is 0.0804 e. The van der Waals surface area contributed by atoms with Crippen LogP contribution in [0.2, 0.25) is 0 Å². The Morgan fingerprint density at radius 3 is 2.28 bits per heavy atom. The summed E-state index contributed by atoms with van der Waals surface area (Å²) in [6.45, 7) is 12.4. The van der Waals surface area contributed by atoms with Gasteiger partial charge in [-0.2, -0.15) is 0 Å². The highest BCUT2D eigenvalue weighted by atomic mass is 16.3. The van der Waals surface area contributed by atoms with Crippen molar-refractivity contribution in [2.45, 2.75) is 117 Å². The molecule has 4 rings (SSSR count). The molecular formula is C27H48O2. The Morgan fingerprint density at radius 1 is 0.828 bits per heavy atom. The fraction of sp³-hybridized carbons (Fsp3) is 1.00. The molecule has 0 aromatic carbocycles. The van der Waals surface area contributed by atoms with Crippen LogP contribution in [0.5, 0.6) is 0 Å². The second-order valence-electron chi connectivity index (χ2n) is 12.8. The zero-order valence-electron chi connectivity index (χ0n) is 19.9. The van der Waals surface area contributed by atoms with Crippen LogP contribution in [-0.2, 0) is 0 Å². The second kappa shape index (κ2) is 8.12. The van der Waals surface area contributed by atoms with Gasteiger partial charge < -0.3 is 10.2 Å². The molecule has 29 heavy (non-hydrogen) atoms. The summed E-state index contributed by atoms with van der Waals surface area (Å²) in [7, 11) is 0. The van der Waals surface area contributed by atoms with Crippen molar-refractivity contribution in [2.75, 3.05) is 0 Å². The maximum absolute atomic E-state index is 10.5. The fourth-order valence-electron chi connectivity index (χ4n) is 9.30. The molecule has 4 aliphatic rings. The molecule has 0 spiro atoms. The molecule has 0 amide bonds. The number of hydrogen-bond donors (Lipinski definition) is 2. The van der Waals surface area contributed by atoms with Crippen molar-refractivity contribution in [2.24, 2.45) is 52.3 Å². The van der Waals surface area contributed by atoms with Crippen LogP contribution in [0.25, 0.3) is 0 Å². The standard InChI is InChI=1S/C27H48O2/c1-17(2)7-6-8-18(3)21-11-12-22-20-10-9-19-15-24(28)25(29)16-27(19,5)23(20)13-14-26(21,22)4/h17-25,28-29H,6-16H2,1-5H3/t18-,19?,20+,21-,22+,23+,24+,25-,26-,27+/m1/s1. The van der Waals surface area contributed by atoms with Gasteiger partial charge in [-0.25, -0.2) is 0 Å². The number of hydrogen-bond acceptors (Lipinski definition) is 2. The van der Waals surface area contributed by atoms with Gasteiger partial charge in [0.15, 0.2) is 0 Å². The van der Waals surface area contributed by atoms with Crippen LogP contribution in [-0.4, -0.2) is 22.4 Å².